The first-order chi connectivity index (χ1) is 12.7. The molecule has 0 aromatic heterocycles. The van der Waals surface area contributed by atoms with Crippen LogP contribution in [0.2, 0.25) is 0 Å². The molecular formula is C22H23NO3. The maximum Gasteiger partial charge on any atom is 0.167 e. The number of carbonyl (C=O) groups is 1. The van der Waals surface area contributed by atoms with Gasteiger partial charge in [0.25, 0.3) is 0 Å². The third kappa shape index (κ3) is 2.85. The maximum absolute atomic E-state index is 13.1. The van der Waals surface area contributed by atoms with Crippen LogP contribution in [0.3, 0.4) is 0 Å². The van der Waals surface area contributed by atoms with E-state index >= 15 is 0 Å². The predicted octanol–water partition coefficient (Wildman–Crippen LogP) is 4.01. The highest BCUT2D eigenvalue weighted by Gasteiger charge is 2.37. The van der Waals surface area contributed by atoms with Crippen molar-refractivity contribution in [2.24, 2.45) is 0 Å². The summed E-state index contributed by atoms with van der Waals surface area (Å²) in [6.07, 6.45) is 2.82. The summed E-state index contributed by atoms with van der Waals surface area (Å²) < 4.78 is 10.6. The van der Waals surface area contributed by atoms with Crippen molar-refractivity contribution in [2.45, 2.75) is 25.3 Å². The minimum atomic E-state index is 0.226. The fraction of sp³-hybridized carbons (Fsp3) is 0.318. The molecule has 4 heteroatoms. The summed E-state index contributed by atoms with van der Waals surface area (Å²) in [5.74, 6) is 1.84. The Kier molecular flexibility index (Phi) is 4.41. The van der Waals surface area contributed by atoms with Gasteiger partial charge in [-0.2, -0.15) is 0 Å². The van der Waals surface area contributed by atoms with Crippen LogP contribution in [0.25, 0.3) is 11.3 Å². The Hall–Kier alpha value is -2.75. The first-order valence-electron chi connectivity index (χ1n) is 9.04. The van der Waals surface area contributed by atoms with E-state index in [-0.39, 0.29) is 5.78 Å². The molecule has 2 aromatic rings. The Morgan fingerprint density at radius 2 is 1.46 bits per heavy atom. The SMILES string of the molecule is COc1ccc(C2=C(c3ccc(OC)cc3)N3CCCC3CC2=O)cc1. The van der Waals surface area contributed by atoms with Crippen molar-refractivity contribution >= 4 is 17.1 Å². The van der Waals surface area contributed by atoms with Gasteiger partial charge in [0, 0.05) is 24.6 Å². The first kappa shape index (κ1) is 16.7. The molecule has 2 aliphatic heterocycles. The van der Waals surface area contributed by atoms with Crippen molar-refractivity contribution in [3.8, 4) is 11.5 Å². The zero-order valence-electron chi connectivity index (χ0n) is 15.2. The molecule has 2 aromatic carbocycles. The van der Waals surface area contributed by atoms with Crippen molar-refractivity contribution in [2.75, 3.05) is 20.8 Å². The van der Waals surface area contributed by atoms with Crippen LogP contribution in [0.5, 0.6) is 11.5 Å². The smallest absolute Gasteiger partial charge is 0.167 e. The van der Waals surface area contributed by atoms with Gasteiger partial charge >= 0.3 is 0 Å². The molecule has 0 radical (unpaired) electrons. The lowest BCUT2D eigenvalue weighted by atomic mass is 9.88. The summed E-state index contributed by atoms with van der Waals surface area (Å²) in [7, 11) is 3.31. The van der Waals surface area contributed by atoms with Crippen LogP contribution >= 0.6 is 0 Å². The van der Waals surface area contributed by atoms with Crippen molar-refractivity contribution < 1.29 is 14.3 Å². The van der Waals surface area contributed by atoms with Crippen LogP contribution in [0.1, 0.15) is 30.4 Å². The maximum atomic E-state index is 13.1. The topological polar surface area (TPSA) is 38.8 Å². The fourth-order valence-electron chi connectivity index (χ4n) is 4.05. The van der Waals surface area contributed by atoms with Crippen molar-refractivity contribution in [3.05, 3.63) is 59.7 Å². The molecule has 0 saturated carbocycles. The zero-order valence-corrected chi connectivity index (χ0v) is 15.2. The van der Waals surface area contributed by atoms with Gasteiger partial charge in [-0.3, -0.25) is 4.79 Å². The van der Waals surface area contributed by atoms with Gasteiger partial charge in [-0.05, 0) is 60.4 Å². The van der Waals surface area contributed by atoms with Crippen LogP contribution in [-0.2, 0) is 4.79 Å². The molecule has 2 aliphatic rings. The summed E-state index contributed by atoms with van der Waals surface area (Å²) >= 11 is 0. The Morgan fingerprint density at radius 1 is 0.885 bits per heavy atom. The summed E-state index contributed by atoms with van der Waals surface area (Å²) in [6, 6.07) is 16.1. The molecule has 0 bridgehead atoms. The van der Waals surface area contributed by atoms with E-state index in [9.17, 15) is 4.79 Å². The molecule has 0 aliphatic carbocycles. The molecule has 0 spiro atoms. The highest BCUT2D eigenvalue weighted by Crippen LogP contribution is 2.41. The van der Waals surface area contributed by atoms with E-state index < -0.39 is 0 Å². The minimum absolute atomic E-state index is 0.226. The van der Waals surface area contributed by atoms with Crippen molar-refractivity contribution in [1.82, 2.24) is 4.90 Å². The molecule has 1 atom stereocenters. The van der Waals surface area contributed by atoms with Gasteiger partial charge in [0.2, 0.25) is 0 Å². The highest BCUT2D eigenvalue weighted by molar-refractivity contribution is 6.28. The number of methoxy groups -OCH3 is 2. The van der Waals surface area contributed by atoms with E-state index in [0.29, 0.717) is 12.5 Å². The molecule has 1 fully saturated rings. The number of allylic oxidation sites excluding steroid dienone is 1. The molecule has 4 nitrogen and oxygen atoms in total. The van der Waals surface area contributed by atoms with Gasteiger partial charge in [-0.25, -0.2) is 0 Å². The largest absolute Gasteiger partial charge is 0.497 e. The van der Waals surface area contributed by atoms with Gasteiger partial charge in [-0.1, -0.05) is 12.1 Å². The number of rotatable bonds is 4. The van der Waals surface area contributed by atoms with E-state index in [0.717, 1.165) is 53.3 Å². The average Bonchev–Trinajstić information content (AvgIpc) is 3.15. The number of benzene rings is 2. The standard InChI is InChI=1S/C22H23NO3/c1-25-18-9-5-15(6-10-18)21-20(24)14-17-4-3-13-23(17)22(21)16-7-11-19(26-2)12-8-16/h5-12,17H,3-4,13-14H2,1-2H3. The molecule has 4 rings (SSSR count). The van der Waals surface area contributed by atoms with Gasteiger partial charge in [0.1, 0.15) is 11.5 Å². The fourth-order valence-corrected chi connectivity index (χ4v) is 4.05. The molecule has 134 valence electrons. The Bertz CT molecular complexity index is 837. The lowest BCUT2D eigenvalue weighted by Crippen LogP contribution is -2.36. The number of ether oxygens (including phenoxy) is 2. The number of hydrogen-bond acceptors (Lipinski definition) is 4. The van der Waals surface area contributed by atoms with Crippen LogP contribution in [-0.4, -0.2) is 37.5 Å². The third-order valence-corrected chi connectivity index (χ3v) is 5.34. The number of fused-ring (bicyclic) bond motifs is 1. The van der Waals surface area contributed by atoms with Crippen LogP contribution in [0.4, 0.5) is 0 Å². The highest BCUT2D eigenvalue weighted by atomic mass is 16.5. The van der Waals surface area contributed by atoms with Gasteiger partial charge < -0.3 is 14.4 Å². The summed E-state index contributed by atoms with van der Waals surface area (Å²) in [6.45, 7) is 0.999. The lowest BCUT2D eigenvalue weighted by Gasteiger charge is -2.35. The van der Waals surface area contributed by atoms with Crippen molar-refractivity contribution in [3.63, 3.8) is 0 Å². The zero-order chi connectivity index (χ0) is 18.1. The second kappa shape index (κ2) is 6.87. The van der Waals surface area contributed by atoms with Crippen LogP contribution in [0.15, 0.2) is 48.5 Å². The summed E-state index contributed by atoms with van der Waals surface area (Å²) in [5, 5.41) is 0. The van der Waals surface area contributed by atoms with Gasteiger partial charge in [0.05, 0.1) is 19.9 Å². The van der Waals surface area contributed by atoms with E-state index in [4.69, 9.17) is 9.47 Å². The molecule has 2 heterocycles. The number of ketones is 1. The summed E-state index contributed by atoms with van der Waals surface area (Å²) in [5.41, 5.74) is 3.89. The predicted molar refractivity (Wildman–Crippen MR) is 102 cm³/mol. The molecule has 0 amide bonds. The Morgan fingerprint density at radius 3 is 2.04 bits per heavy atom. The molecular weight excluding hydrogens is 326 g/mol. The Balaban J connectivity index is 1.87. The average molecular weight is 349 g/mol. The molecule has 26 heavy (non-hydrogen) atoms. The van der Waals surface area contributed by atoms with E-state index in [1.54, 1.807) is 14.2 Å². The number of Topliss-reactive ketones (excluding diaryl/α,β-unsaturated/α-hetero) is 1. The molecule has 0 N–H and O–H groups in total. The Labute approximate surface area is 154 Å². The normalized spacial score (nSPS) is 19.5. The van der Waals surface area contributed by atoms with Gasteiger partial charge in [0.15, 0.2) is 5.78 Å². The van der Waals surface area contributed by atoms with E-state index in [1.807, 2.05) is 48.5 Å². The first-order valence-corrected chi connectivity index (χ1v) is 9.04. The van der Waals surface area contributed by atoms with Crippen LogP contribution in [0, 0.1) is 0 Å². The minimum Gasteiger partial charge on any atom is -0.497 e. The second-order valence-corrected chi connectivity index (χ2v) is 6.80. The quantitative estimate of drug-likeness (QED) is 0.836. The number of hydrogen-bond donors (Lipinski definition) is 0. The molecule has 1 saturated heterocycles. The van der Waals surface area contributed by atoms with Crippen molar-refractivity contribution in [1.29, 1.82) is 0 Å². The number of carbonyl (C=O) groups excluding carboxylic acids is 1. The van der Waals surface area contributed by atoms with Crippen LogP contribution < -0.4 is 9.47 Å². The lowest BCUT2D eigenvalue weighted by molar-refractivity contribution is -0.114. The van der Waals surface area contributed by atoms with E-state index in [1.165, 1.54) is 0 Å². The second-order valence-electron chi connectivity index (χ2n) is 6.80. The monoisotopic (exact) mass is 349 g/mol. The van der Waals surface area contributed by atoms with E-state index in [2.05, 4.69) is 4.90 Å². The number of nitrogens with zero attached hydrogens (tertiary/aromatic N) is 1. The molecule has 1 unspecified atom stereocenters. The summed E-state index contributed by atoms with van der Waals surface area (Å²) in [4.78, 5) is 15.5. The third-order valence-electron chi connectivity index (χ3n) is 5.34. The van der Waals surface area contributed by atoms with Gasteiger partial charge in [-0.15, -0.1) is 0 Å².